The van der Waals surface area contributed by atoms with Gasteiger partial charge in [0.2, 0.25) is 0 Å². The minimum absolute atomic E-state index is 0.0308. The second kappa shape index (κ2) is 5.58. The molecule has 1 aliphatic heterocycles. The summed E-state index contributed by atoms with van der Waals surface area (Å²) in [5.41, 5.74) is 0.818. The van der Waals surface area contributed by atoms with Crippen molar-refractivity contribution in [2.24, 2.45) is 5.41 Å². The highest BCUT2D eigenvalue weighted by Crippen LogP contribution is 2.33. The van der Waals surface area contributed by atoms with Gasteiger partial charge in [0.05, 0.1) is 17.2 Å². The van der Waals surface area contributed by atoms with Gasteiger partial charge in [0.15, 0.2) is 0 Å². The number of rotatable bonds is 3. The van der Waals surface area contributed by atoms with Crippen molar-refractivity contribution in [2.75, 3.05) is 19.0 Å². The number of hydrogen-bond acceptors (Lipinski definition) is 4. The average Bonchev–Trinajstić information content (AvgIpc) is 2.51. The molecular formula is C15H18N2O2S. The number of thiol groups is 1. The number of hydrogen-bond donors (Lipinski definition) is 1. The quantitative estimate of drug-likeness (QED) is 0.881. The van der Waals surface area contributed by atoms with Gasteiger partial charge in [0.25, 0.3) is 5.56 Å². The van der Waals surface area contributed by atoms with Crippen LogP contribution in [0.25, 0.3) is 10.9 Å². The molecule has 0 amide bonds. The summed E-state index contributed by atoms with van der Waals surface area (Å²) in [5.74, 6) is 0.760. The standard InChI is InChI=1S/C15H18N2O2S/c18-14-12-3-1-2-4-13(12)16-11-17(14)9-15(10-20)5-7-19-8-6-15/h1-4,11,20H,5-10H2. The molecule has 0 aliphatic carbocycles. The molecule has 0 atom stereocenters. The van der Waals surface area contributed by atoms with Crippen molar-refractivity contribution >= 4 is 23.5 Å². The summed E-state index contributed by atoms with van der Waals surface area (Å²) >= 11 is 4.50. The van der Waals surface area contributed by atoms with Gasteiger partial charge in [-0.05, 0) is 30.7 Å². The molecule has 106 valence electrons. The lowest BCUT2D eigenvalue weighted by atomic mass is 9.82. The third-order valence-electron chi connectivity index (χ3n) is 4.13. The zero-order valence-electron chi connectivity index (χ0n) is 11.3. The summed E-state index contributed by atoms with van der Waals surface area (Å²) < 4.78 is 7.15. The van der Waals surface area contributed by atoms with Crippen LogP contribution in [-0.4, -0.2) is 28.5 Å². The molecule has 2 heterocycles. The smallest absolute Gasteiger partial charge is 0.261 e. The first-order valence-corrected chi connectivity index (χ1v) is 7.50. The number of benzene rings is 1. The van der Waals surface area contributed by atoms with Crippen molar-refractivity contribution in [2.45, 2.75) is 19.4 Å². The molecule has 3 rings (SSSR count). The van der Waals surface area contributed by atoms with E-state index in [4.69, 9.17) is 4.74 Å². The van der Waals surface area contributed by atoms with Crippen molar-refractivity contribution < 1.29 is 4.74 Å². The predicted octanol–water partition coefficient (Wildman–Crippen LogP) is 2.12. The molecule has 1 fully saturated rings. The van der Waals surface area contributed by atoms with Gasteiger partial charge < -0.3 is 4.74 Å². The SMILES string of the molecule is O=c1c2ccccc2ncn1CC1(CS)CCOCC1. The minimum atomic E-state index is 0.0308. The van der Waals surface area contributed by atoms with Crippen LogP contribution < -0.4 is 5.56 Å². The lowest BCUT2D eigenvalue weighted by Crippen LogP contribution is -2.38. The highest BCUT2D eigenvalue weighted by Gasteiger charge is 2.32. The monoisotopic (exact) mass is 290 g/mol. The molecule has 4 nitrogen and oxygen atoms in total. The molecular weight excluding hydrogens is 272 g/mol. The zero-order valence-corrected chi connectivity index (χ0v) is 12.2. The summed E-state index contributed by atoms with van der Waals surface area (Å²) in [6.07, 6.45) is 3.54. The number of nitrogens with zero attached hydrogens (tertiary/aromatic N) is 2. The Morgan fingerprint density at radius 1 is 1.30 bits per heavy atom. The molecule has 0 bridgehead atoms. The van der Waals surface area contributed by atoms with E-state index >= 15 is 0 Å². The van der Waals surface area contributed by atoms with E-state index in [1.165, 1.54) is 0 Å². The van der Waals surface area contributed by atoms with Crippen LogP contribution >= 0.6 is 12.6 Å². The maximum atomic E-state index is 12.5. The summed E-state index contributed by atoms with van der Waals surface area (Å²) in [7, 11) is 0. The van der Waals surface area contributed by atoms with E-state index in [0.29, 0.717) is 11.9 Å². The minimum Gasteiger partial charge on any atom is -0.381 e. The van der Waals surface area contributed by atoms with Crippen LogP contribution in [0.2, 0.25) is 0 Å². The van der Waals surface area contributed by atoms with Gasteiger partial charge in [-0.2, -0.15) is 12.6 Å². The molecule has 1 aliphatic rings. The second-order valence-electron chi connectivity index (χ2n) is 5.47. The summed E-state index contributed by atoms with van der Waals surface area (Å²) in [5, 5.41) is 0.677. The van der Waals surface area contributed by atoms with Crippen LogP contribution in [-0.2, 0) is 11.3 Å². The number of aromatic nitrogens is 2. The van der Waals surface area contributed by atoms with E-state index < -0.39 is 0 Å². The van der Waals surface area contributed by atoms with Crippen molar-refractivity contribution in [1.82, 2.24) is 9.55 Å². The first-order valence-electron chi connectivity index (χ1n) is 6.87. The Hall–Kier alpha value is -1.33. The van der Waals surface area contributed by atoms with E-state index in [0.717, 1.165) is 37.3 Å². The van der Waals surface area contributed by atoms with Gasteiger partial charge in [-0.15, -0.1) is 0 Å². The molecule has 0 N–H and O–H groups in total. The van der Waals surface area contributed by atoms with Crippen LogP contribution in [0.5, 0.6) is 0 Å². The van der Waals surface area contributed by atoms with Gasteiger partial charge >= 0.3 is 0 Å². The van der Waals surface area contributed by atoms with Gasteiger partial charge in [-0.1, -0.05) is 12.1 Å². The van der Waals surface area contributed by atoms with Crippen molar-refractivity contribution in [3.63, 3.8) is 0 Å². The average molecular weight is 290 g/mol. The zero-order chi connectivity index (χ0) is 14.0. The maximum absolute atomic E-state index is 12.5. The Bertz CT molecular complexity index is 662. The molecule has 1 aromatic heterocycles. The topological polar surface area (TPSA) is 44.1 Å². The summed E-state index contributed by atoms with van der Waals surface area (Å²) in [6.45, 7) is 2.16. The molecule has 5 heteroatoms. The van der Waals surface area contributed by atoms with Gasteiger partial charge in [-0.25, -0.2) is 4.98 Å². The Balaban J connectivity index is 1.98. The van der Waals surface area contributed by atoms with E-state index in [9.17, 15) is 4.79 Å². The van der Waals surface area contributed by atoms with Crippen molar-refractivity contribution in [3.8, 4) is 0 Å². The Labute approximate surface area is 123 Å². The van der Waals surface area contributed by atoms with Gasteiger partial charge in [0, 0.05) is 25.2 Å². The highest BCUT2D eigenvalue weighted by molar-refractivity contribution is 7.80. The third-order valence-corrected chi connectivity index (χ3v) is 4.80. The molecule has 1 saturated heterocycles. The Morgan fingerprint density at radius 2 is 2.05 bits per heavy atom. The highest BCUT2D eigenvalue weighted by atomic mass is 32.1. The number of fused-ring (bicyclic) bond motifs is 1. The Kier molecular flexibility index (Phi) is 3.81. The second-order valence-corrected chi connectivity index (χ2v) is 5.78. The van der Waals surface area contributed by atoms with Crippen molar-refractivity contribution in [1.29, 1.82) is 0 Å². The number of ether oxygens (including phenoxy) is 1. The lowest BCUT2D eigenvalue weighted by molar-refractivity contribution is 0.0177. The third kappa shape index (κ3) is 2.47. The normalized spacial score (nSPS) is 18.2. The van der Waals surface area contributed by atoms with E-state index in [1.54, 1.807) is 10.9 Å². The summed E-state index contributed by atoms with van der Waals surface area (Å²) in [4.78, 5) is 16.9. The van der Waals surface area contributed by atoms with E-state index in [1.807, 2.05) is 24.3 Å². The molecule has 1 aromatic carbocycles. The van der Waals surface area contributed by atoms with Crippen LogP contribution in [0.4, 0.5) is 0 Å². The lowest BCUT2D eigenvalue weighted by Gasteiger charge is -2.36. The fourth-order valence-electron chi connectivity index (χ4n) is 2.75. The van der Waals surface area contributed by atoms with Crippen molar-refractivity contribution in [3.05, 3.63) is 40.9 Å². The maximum Gasteiger partial charge on any atom is 0.261 e. The van der Waals surface area contributed by atoms with Crippen LogP contribution in [0.3, 0.4) is 0 Å². The fraction of sp³-hybridized carbons (Fsp3) is 0.467. The predicted molar refractivity (Wildman–Crippen MR) is 82.3 cm³/mol. The molecule has 0 unspecified atom stereocenters. The fourth-order valence-corrected chi connectivity index (χ4v) is 3.17. The summed E-state index contributed by atoms with van der Waals surface area (Å²) in [6, 6.07) is 7.47. The van der Waals surface area contributed by atoms with Gasteiger partial charge in [0.1, 0.15) is 0 Å². The molecule has 0 spiro atoms. The van der Waals surface area contributed by atoms with Crippen LogP contribution in [0.1, 0.15) is 12.8 Å². The van der Waals surface area contributed by atoms with E-state index in [2.05, 4.69) is 17.6 Å². The van der Waals surface area contributed by atoms with Crippen LogP contribution in [0, 0.1) is 5.41 Å². The van der Waals surface area contributed by atoms with Crippen LogP contribution in [0.15, 0.2) is 35.4 Å². The molecule has 0 saturated carbocycles. The first kappa shape index (κ1) is 13.6. The first-order chi connectivity index (χ1) is 9.74. The van der Waals surface area contributed by atoms with Gasteiger partial charge in [-0.3, -0.25) is 9.36 Å². The molecule has 0 radical (unpaired) electrons. The van der Waals surface area contributed by atoms with E-state index in [-0.39, 0.29) is 11.0 Å². The molecule has 2 aromatic rings. The largest absolute Gasteiger partial charge is 0.381 e. The number of para-hydroxylation sites is 1. The Morgan fingerprint density at radius 3 is 2.80 bits per heavy atom. The molecule has 20 heavy (non-hydrogen) atoms.